The lowest BCUT2D eigenvalue weighted by Crippen LogP contribution is -2.43. The molecule has 5 nitrogen and oxygen atoms in total. The average Bonchev–Trinajstić information content (AvgIpc) is 2.49. The van der Waals surface area contributed by atoms with E-state index in [1.165, 1.54) is 12.5 Å². The zero-order valence-electron chi connectivity index (χ0n) is 13.1. The average molecular weight is 325 g/mol. The van der Waals surface area contributed by atoms with E-state index in [0.29, 0.717) is 5.92 Å². The van der Waals surface area contributed by atoms with E-state index in [1.807, 2.05) is 0 Å². The van der Waals surface area contributed by atoms with Crippen LogP contribution in [0.3, 0.4) is 0 Å². The van der Waals surface area contributed by atoms with Crippen LogP contribution in [0.2, 0.25) is 0 Å². The number of nitrogens with zero attached hydrogens (tertiary/aromatic N) is 1. The Morgan fingerprint density at radius 2 is 2.04 bits per heavy atom. The Morgan fingerprint density at radius 1 is 1.26 bits per heavy atom. The Kier molecular flexibility index (Phi) is 6.04. The molecule has 0 aromatic heterocycles. The van der Waals surface area contributed by atoms with Crippen molar-refractivity contribution < 1.29 is 18.4 Å². The van der Waals surface area contributed by atoms with Gasteiger partial charge in [0, 0.05) is 18.3 Å². The van der Waals surface area contributed by atoms with Crippen LogP contribution in [-0.4, -0.2) is 42.9 Å². The number of amides is 2. The van der Waals surface area contributed by atoms with E-state index in [4.69, 9.17) is 0 Å². The van der Waals surface area contributed by atoms with Crippen molar-refractivity contribution >= 4 is 17.5 Å². The number of hydrogen-bond donors (Lipinski definition) is 2. The largest absolute Gasteiger partial charge is 0.346 e. The molecule has 1 heterocycles. The number of piperidine rings is 1. The van der Waals surface area contributed by atoms with Gasteiger partial charge in [-0.15, -0.1) is 0 Å². The Labute approximate surface area is 134 Å². The molecule has 0 bridgehead atoms. The summed E-state index contributed by atoms with van der Waals surface area (Å²) in [6, 6.07) is 3.08. The molecule has 1 aromatic rings. The van der Waals surface area contributed by atoms with Crippen molar-refractivity contribution in [3.8, 4) is 0 Å². The van der Waals surface area contributed by atoms with Crippen LogP contribution < -0.4 is 10.6 Å². The minimum atomic E-state index is -1.04. The van der Waals surface area contributed by atoms with Crippen LogP contribution >= 0.6 is 0 Å². The highest BCUT2D eigenvalue weighted by molar-refractivity contribution is 5.94. The van der Waals surface area contributed by atoms with Crippen molar-refractivity contribution in [3.05, 3.63) is 29.8 Å². The minimum absolute atomic E-state index is 0.146. The molecule has 2 N–H and O–H groups in total. The highest BCUT2D eigenvalue weighted by atomic mass is 19.2. The lowest BCUT2D eigenvalue weighted by atomic mass is 10.0. The minimum Gasteiger partial charge on any atom is -0.346 e. The zero-order valence-corrected chi connectivity index (χ0v) is 13.1. The van der Waals surface area contributed by atoms with Crippen LogP contribution in [0.5, 0.6) is 0 Å². The quantitative estimate of drug-likeness (QED) is 0.867. The third kappa shape index (κ3) is 5.59. The van der Waals surface area contributed by atoms with E-state index >= 15 is 0 Å². The van der Waals surface area contributed by atoms with Gasteiger partial charge >= 0.3 is 0 Å². The van der Waals surface area contributed by atoms with Crippen LogP contribution in [0.1, 0.15) is 19.8 Å². The first-order chi connectivity index (χ1) is 10.9. The number of hydrogen-bond acceptors (Lipinski definition) is 3. The lowest BCUT2D eigenvalue weighted by Gasteiger charge is -2.30. The molecule has 126 valence electrons. The van der Waals surface area contributed by atoms with Gasteiger partial charge in [-0.05, 0) is 37.4 Å². The summed E-state index contributed by atoms with van der Waals surface area (Å²) in [5.41, 5.74) is 0.146. The van der Waals surface area contributed by atoms with Crippen LogP contribution in [0.15, 0.2) is 18.2 Å². The second-order valence-electron chi connectivity index (χ2n) is 5.94. The molecule has 0 unspecified atom stereocenters. The molecule has 1 fully saturated rings. The van der Waals surface area contributed by atoms with Crippen LogP contribution in [0.4, 0.5) is 14.5 Å². The third-order valence-corrected chi connectivity index (χ3v) is 3.76. The summed E-state index contributed by atoms with van der Waals surface area (Å²) < 4.78 is 25.8. The van der Waals surface area contributed by atoms with Crippen molar-refractivity contribution in [2.75, 3.05) is 31.5 Å². The molecule has 1 saturated heterocycles. The predicted octanol–water partition coefficient (Wildman–Crippen LogP) is 1.75. The first-order valence-corrected chi connectivity index (χ1v) is 7.68. The molecular formula is C16H21F2N3O2. The van der Waals surface area contributed by atoms with Crippen molar-refractivity contribution in [2.45, 2.75) is 19.8 Å². The monoisotopic (exact) mass is 325 g/mol. The smallest absolute Gasteiger partial charge is 0.243 e. The Balaban J connectivity index is 1.73. The fourth-order valence-corrected chi connectivity index (χ4v) is 2.65. The maximum absolute atomic E-state index is 13.0. The standard InChI is InChI=1S/C16H21F2N3O2/c1-11-3-2-6-21(9-11)10-16(23)19-8-15(22)20-12-4-5-13(17)14(18)7-12/h4-5,7,11H,2-3,6,8-10H2,1H3,(H,19,23)(H,20,22)/t11-/m0/s1. The number of carbonyl (C=O) groups is 2. The fourth-order valence-electron chi connectivity index (χ4n) is 2.65. The Hall–Kier alpha value is -2.02. The molecule has 1 aliphatic rings. The van der Waals surface area contributed by atoms with Crippen molar-refractivity contribution in [2.24, 2.45) is 5.92 Å². The van der Waals surface area contributed by atoms with Gasteiger partial charge in [0.05, 0.1) is 13.1 Å². The molecule has 2 rings (SSSR count). The molecule has 2 amide bonds. The number of likely N-dealkylation sites (tertiary alicyclic amines) is 1. The van der Waals surface area contributed by atoms with Gasteiger partial charge in [-0.25, -0.2) is 8.78 Å². The number of halogens is 2. The first-order valence-electron chi connectivity index (χ1n) is 7.68. The number of carbonyl (C=O) groups excluding carboxylic acids is 2. The molecule has 0 radical (unpaired) electrons. The second kappa shape index (κ2) is 8.01. The van der Waals surface area contributed by atoms with Crippen LogP contribution in [0, 0.1) is 17.6 Å². The van der Waals surface area contributed by atoms with Gasteiger partial charge in [-0.1, -0.05) is 6.92 Å². The number of nitrogens with one attached hydrogen (secondary N) is 2. The molecule has 0 aliphatic carbocycles. The van der Waals surface area contributed by atoms with E-state index in [9.17, 15) is 18.4 Å². The van der Waals surface area contributed by atoms with Crippen molar-refractivity contribution in [3.63, 3.8) is 0 Å². The lowest BCUT2D eigenvalue weighted by molar-refractivity contribution is -0.125. The van der Waals surface area contributed by atoms with Gasteiger partial charge in [0.15, 0.2) is 11.6 Å². The SMILES string of the molecule is C[C@H]1CCCN(CC(=O)NCC(=O)Nc2ccc(F)c(F)c2)C1. The highest BCUT2D eigenvalue weighted by Gasteiger charge is 2.18. The van der Waals surface area contributed by atoms with E-state index in [-0.39, 0.29) is 24.7 Å². The summed E-state index contributed by atoms with van der Waals surface area (Å²) in [5, 5.41) is 4.93. The van der Waals surface area contributed by atoms with Gasteiger partial charge in [0.25, 0.3) is 0 Å². The Bertz CT molecular complexity index is 580. The summed E-state index contributed by atoms with van der Waals surface area (Å²) in [4.78, 5) is 25.6. The first kappa shape index (κ1) is 17.3. The molecule has 7 heteroatoms. The second-order valence-corrected chi connectivity index (χ2v) is 5.94. The highest BCUT2D eigenvalue weighted by Crippen LogP contribution is 2.15. The number of rotatable bonds is 5. The molecule has 1 aromatic carbocycles. The van der Waals surface area contributed by atoms with Gasteiger partial charge in [0.2, 0.25) is 11.8 Å². The zero-order chi connectivity index (χ0) is 16.8. The topological polar surface area (TPSA) is 61.4 Å². The summed E-state index contributed by atoms with van der Waals surface area (Å²) in [5.74, 6) is -2.15. The summed E-state index contributed by atoms with van der Waals surface area (Å²) in [7, 11) is 0. The maximum atomic E-state index is 13.0. The van der Waals surface area contributed by atoms with Gasteiger partial charge in [0.1, 0.15) is 0 Å². The molecule has 23 heavy (non-hydrogen) atoms. The van der Waals surface area contributed by atoms with Crippen LogP contribution in [-0.2, 0) is 9.59 Å². The number of benzene rings is 1. The molecule has 0 saturated carbocycles. The fraction of sp³-hybridized carbons (Fsp3) is 0.500. The molecular weight excluding hydrogens is 304 g/mol. The van der Waals surface area contributed by atoms with Crippen molar-refractivity contribution in [1.29, 1.82) is 0 Å². The van der Waals surface area contributed by atoms with E-state index in [0.717, 1.165) is 31.6 Å². The molecule has 0 spiro atoms. The Morgan fingerprint density at radius 3 is 2.74 bits per heavy atom. The molecule has 1 atom stereocenters. The van der Waals surface area contributed by atoms with E-state index < -0.39 is 17.5 Å². The predicted molar refractivity (Wildman–Crippen MR) is 82.8 cm³/mol. The third-order valence-electron chi connectivity index (χ3n) is 3.76. The maximum Gasteiger partial charge on any atom is 0.243 e. The van der Waals surface area contributed by atoms with Crippen LogP contribution in [0.25, 0.3) is 0 Å². The summed E-state index contributed by atoms with van der Waals surface area (Å²) in [6.45, 7) is 3.98. The van der Waals surface area contributed by atoms with Gasteiger partial charge in [-0.3, -0.25) is 14.5 Å². The normalized spacial score (nSPS) is 18.5. The summed E-state index contributed by atoms with van der Waals surface area (Å²) in [6.07, 6.45) is 2.25. The van der Waals surface area contributed by atoms with Gasteiger partial charge < -0.3 is 10.6 Å². The van der Waals surface area contributed by atoms with E-state index in [2.05, 4.69) is 22.5 Å². The number of anilines is 1. The van der Waals surface area contributed by atoms with Gasteiger partial charge in [-0.2, -0.15) is 0 Å². The van der Waals surface area contributed by atoms with E-state index in [1.54, 1.807) is 0 Å². The summed E-state index contributed by atoms with van der Waals surface area (Å²) >= 11 is 0. The molecule has 1 aliphatic heterocycles. The van der Waals surface area contributed by atoms with Crippen molar-refractivity contribution in [1.82, 2.24) is 10.2 Å².